The van der Waals surface area contributed by atoms with E-state index in [1.807, 2.05) is 31.2 Å². The number of esters is 1. The number of allylic oxidation sites excluding steroid dienone is 2. The van der Waals surface area contributed by atoms with E-state index in [0.717, 1.165) is 5.56 Å². The van der Waals surface area contributed by atoms with E-state index in [9.17, 15) is 4.79 Å². The molecule has 0 amide bonds. The zero-order valence-electron chi connectivity index (χ0n) is 14.7. The van der Waals surface area contributed by atoms with Crippen molar-refractivity contribution in [3.05, 3.63) is 54.6 Å². The van der Waals surface area contributed by atoms with Gasteiger partial charge in [0.05, 0.1) is 13.7 Å². The Labute approximate surface area is 148 Å². The number of nitrogens with zero attached hydrogens (tertiary/aromatic N) is 2. The third kappa shape index (κ3) is 7.58. The third-order valence-electron chi connectivity index (χ3n) is 3.09. The van der Waals surface area contributed by atoms with E-state index < -0.39 is 12.0 Å². The highest BCUT2D eigenvalue weighted by Gasteiger charge is 2.16. The van der Waals surface area contributed by atoms with Crippen LogP contribution in [0.15, 0.2) is 59.1 Å². The van der Waals surface area contributed by atoms with Crippen LogP contribution in [0, 0.1) is 0 Å². The van der Waals surface area contributed by atoms with E-state index >= 15 is 0 Å². The number of carbonyl (C=O) groups is 1. The fraction of sp³-hybridized carbons (Fsp3) is 0.316. The predicted octanol–water partition coefficient (Wildman–Crippen LogP) is 2.83. The highest BCUT2D eigenvalue weighted by molar-refractivity contribution is 5.86. The van der Waals surface area contributed by atoms with E-state index in [4.69, 9.17) is 14.2 Å². The number of rotatable bonds is 11. The van der Waals surface area contributed by atoms with Crippen LogP contribution in [-0.4, -0.2) is 51.5 Å². The number of carbonyl (C=O) groups excluding carboxylic acids is 1. The Hall–Kier alpha value is -2.73. The van der Waals surface area contributed by atoms with Gasteiger partial charge in [0.1, 0.15) is 5.75 Å². The van der Waals surface area contributed by atoms with Crippen LogP contribution in [-0.2, 0) is 14.3 Å². The Bertz CT molecular complexity index is 638. The van der Waals surface area contributed by atoms with Crippen molar-refractivity contribution in [2.45, 2.75) is 13.0 Å². The fourth-order valence-corrected chi connectivity index (χ4v) is 1.72. The molecule has 0 bridgehead atoms. The lowest BCUT2D eigenvalue weighted by Crippen LogP contribution is -2.23. The van der Waals surface area contributed by atoms with E-state index in [1.54, 1.807) is 12.3 Å². The zero-order valence-corrected chi connectivity index (χ0v) is 14.7. The van der Waals surface area contributed by atoms with E-state index in [0.29, 0.717) is 17.9 Å². The van der Waals surface area contributed by atoms with Crippen molar-refractivity contribution < 1.29 is 19.0 Å². The molecular weight excluding hydrogens is 320 g/mol. The molecule has 1 aromatic carbocycles. The summed E-state index contributed by atoms with van der Waals surface area (Å²) in [6.07, 6.45) is 4.66. The maximum atomic E-state index is 11.8. The molecule has 1 aromatic rings. The summed E-state index contributed by atoms with van der Waals surface area (Å²) in [5, 5.41) is 0. The molecular formula is C19H24N2O4. The normalized spacial score (nSPS) is 12.2. The number of aliphatic imine (C=N–C) groups is 2. The molecule has 0 aliphatic heterocycles. The van der Waals surface area contributed by atoms with Gasteiger partial charge in [0, 0.05) is 24.6 Å². The van der Waals surface area contributed by atoms with Crippen molar-refractivity contribution in [3.63, 3.8) is 0 Å². The first-order valence-corrected chi connectivity index (χ1v) is 7.84. The first-order chi connectivity index (χ1) is 12.1. The highest BCUT2D eigenvalue weighted by Crippen LogP contribution is 2.16. The topological polar surface area (TPSA) is 69.5 Å². The largest absolute Gasteiger partial charge is 0.467 e. The van der Waals surface area contributed by atoms with Gasteiger partial charge in [0.15, 0.2) is 12.8 Å². The maximum Gasteiger partial charge on any atom is 0.332 e. The van der Waals surface area contributed by atoms with E-state index in [2.05, 4.69) is 23.1 Å². The second-order valence-corrected chi connectivity index (χ2v) is 4.88. The molecule has 0 aliphatic rings. The van der Waals surface area contributed by atoms with Crippen LogP contribution in [0.4, 0.5) is 0 Å². The number of hydrogen-bond donors (Lipinski definition) is 0. The molecule has 0 saturated carbocycles. The summed E-state index contributed by atoms with van der Waals surface area (Å²) in [7, 11) is 1.31. The Morgan fingerprint density at radius 1 is 1.36 bits per heavy atom. The van der Waals surface area contributed by atoms with Crippen molar-refractivity contribution in [2.24, 2.45) is 9.98 Å². The number of benzene rings is 1. The number of hydrogen-bond acceptors (Lipinski definition) is 6. The van der Waals surface area contributed by atoms with Crippen molar-refractivity contribution in [1.29, 1.82) is 0 Å². The van der Waals surface area contributed by atoms with Crippen LogP contribution >= 0.6 is 0 Å². The summed E-state index contributed by atoms with van der Waals surface area (Å²) >= 11 is 0. The Kier molecular flexibility index (Phi) is 9.55. The van der Waals surface area contributed by atoms with Gasteiger partial charge in [-0.1, -0.05) is 31.4 Å². The lowest BCUT2D eigenvalue weighted by Gasteiger charge is -2.09. The number of para-hydroxylation sites is 1. The molecule has 1 unspecified atom stereocenters. The molecule has 0 aliphatic carbocycles. The molecule has 0 heterocycles. The van der Waals surface area contributed by atoms with Crippen molar-refractivity contribution in [3.8, 4) is 5.75 Å². The van der Waals surface area contributed by atoms with Crippen LogP contribution in [0.25, 0.3) is 0 Å². The molecule has 6 heteroatoms. The van der Waals surface area contributed by atoms with Crippen molar-refractivity contribution in [1.82, 2.24) is 0 Å². The van der Waals surface area contributed by atoms with Crippen LogP contribution < -0.4 is 4.74 Å². The first-order valence-electron chi connectivity index (χ1n) is 7.84. The summed E-state index contributed by atoms with van der Waals surface area (Å²) in [6, 6.07) is 6.68. The molecule has 0 fully saturated rings. The quantitative estimate of drug-likeness (QED) is 0.203. The summed E-state index contributed by atoms with van der Waals surface area (Å²) < 4.78 is 15.5. The zero-order chi connectivity index (χ0) is 18.5. The predicted molar refractivity (Wildman–Crippen MR) is 99.7 cm³/mol. The van der Waals surface area contributed by atoms with Gasteiger partial charge in [-0.25, -0.2) is 4.79 Å². The van der Waals surface area contributed by atoms with Crippen LogP contribution in [0.1, 0.15) is 12.5 Å². The van der Waals surface area contributed by atoms with Gasteiger partial charge in [0.25, 0.3) is 0 Å². The summed E-state index contributed by atoms with van der Waals surface area (Å²) in [4.78, 5) is 20.2. The Morgan fingerprint density at radius 3 is 2.80 bits per heavy atom. The third-order valence-corrected chi connectivity index (χ3v) is 3.09. The number of ether oxygens (including phenoxy) is 3. The Morgan fingerprint density at radius 2 is 2.12 bits per heavy atom. The van der Waals surface area contributed by atoms with E-state index in [1.165, 1.54) is 13.3 Å². The second-order valence-electron chi connectivity index (χ2n) is 4.88. The molecule has 0 aromatic heterocycles. The minimum Gasteiger partial charge on any atom is -0.467 e. The lowest BCUT2D eigenvalue weighted by molar-refractivity contribution is -0.141. The highest BCUT2D eigenvalue weighted by atomic mass is 16.7. The molecule has 6 nitrogen and oxygen atoms in total. The van der Waals surface area contributed by atoms with Crippen LogP contribution in [0.3, 0.4) is 0 Å². The van der Waals surface area contributed by atoms with Crippen molar-refractivity contribution in [2.75, 3.05) is 27.1 Å². The van der Waals surface area contributed by atoms with Crippen molar-refractivity contribution >= 4 is 18.4 Å². The van der Waals surface area contributed by atoms with Gasteiger partial charge in [-0.05, 0) is 24.6 Å². The molecule has 0 saturated heterocycles. The SMILES string of the molecule is C=CC(=C)C=NC(CN=Cc1ccccc1OCOCC)C(=O)OC. The molecule has 1 rings (SSSR count). The fourth-order valence-electron chi connectivity index (χ4n) is 1.72. The summed E-state index contributed by atoms with van der Waals surface area (Å²) in [5.41, 5.74) is 1.39. The lowest BCUT2D eigenvalue weighted by atomic mass is 10.2. The first kappa shape index (κ1) is 20.3. The molecule has 0 N–H and O–H groups in total. The minimum absolute atomic E-state index is 0.146. The standard InChI is InChI=1S/C19H24N2O4/c1-5-15(3)11-21-17(19(22)23-4)13-20-12-16-9-7-8-10-18(16)25-14-24-6-2/h5,7-12,17H,1,3,6,13-14H2,2,4H3. The minimum atomic E-state index is -0.741. The maximum absolute atomic E-state index is 11.8. The molecule has 0 radical (unpaired) electrons. The summed E-state index contributed by atoms with van der Waals surface area (Å²) in [6.45, 7) is 10.1. The van der Waals surface area contributed by atoms with Gasteiger partial charge in [-0.2, -0.15) is 0 Å². The van der Waals surface area contributed by atoms with Gasteiger partial charge < -0.3 is 14.2 Å². The summed E-state index contributed by atoms with van der Waals surface area (Å²) in [5.74, 6) is 0.184. The van der Waals surface area contributed by atoms with Gasteiger partial charge >= 0.3 is 5.97 Å². The smallest absolute Gasteiger partial charge is 0.332 e. The second kappa shape index (κ2) is 11.8. The molecule has 0 spiro atoms. The van der Waals surface area contributed by atoms with Gasteiger partial charge in [-0.3, -0.25) is 9.98 Å². The molecule has 25 heavy (non-hydrogen) atoms. The van der Waals surface area contributed by atoms with Gasteiger partial charge in [0.2, 0.25) is 0 Å². The molecule has 1 atom stereocenters. The average Bonchev–Trinajstić information content (AvgIpc) is 2.64. The van der Waals surface area contributed by atoms with Crippen LogP contribution in [0.5, 0.6) is 5.75 Å². The van der Waals surface area contributed by atoms with E-state index in [-0.39, 0.29) is 13.3 Å². The Balaban J connectivity index is 2.78. The van der Waals surface area contributed by atoms with Crippen LogP contribution in [0.2, 0.25) is 0 Å². The van der Waals surface area contributed by atoms with Gasteiger partial charge in [-0.15, -0.1) is 0 Å². The molecule has 134 valence electrons. The monoisotopic (exact) mass is 344 g/mol. The number of methoxy groups -OCH3 is 1. The average molecular weight is 344 g/mol.